The Labute approximate surface area is 101 Å². The van der Waals surface area contributed by atoms with Crippen LogP contribution >= 0.6 is 0 Å². The summed E-state index contributed by atoms with van der Waals surface area (Å²) in [4.78, 5) is 25.2. The number of carboxylic acid groups (broad SMARTS) is 1. The van der Waals surface area contributed by atoms with E-state index < -0.39 is 11.9 Å². The van der Waals surface area contributed by atoms with Gasteiger partial charge in [0.25, 0.3) is 0 Å². The molecule has 1 amide bonds. The van der Waals surface area contributed by atoms with E-state index in [0.717, 1.165) is 19.3 Å². The Hall–Kier alpha value is -1.10. The fourth-order valence-corrected chi connectivity index (χ4v) is 2.94. The third-order valence-electron chi connectivity index (χ3n) is 3.94. The third-order valence-corrected chi connectivity index (χ3v) is 3.94. The smallest absolute Gasteiger partial charge is 0.307 e. The Balaban J connectivity index is 2.03. The molecule has 0 spiro atoms. The van der Waals surface area contributed by atoms with Gasteiger partial charge in [-0.2, -0.15) is 0 Å². The van der Waals surface area contributed by atoms with Crippen molar-refractivity contribution >= 4 is 11.9 Å². The monoisotopic (exact) mass is 240 g/mol. The summed E-state index contributed by atoms with van der Waals surface area (Å²) in [6.07, 6.45) is 4.05. The Morgan fingerprint density at radius 3 is 2.29 bits per heavy atom. The van der Waals surface area contributed by atoms with E-state index in [1.165, 1.54) is 0 Å². The van der Waals surface area contributed by atoms with Gasteiger partial charge < -0.3 is 15.7 Å². The number of amides is 1. The van der Waals surface area contributed by atoms with Gasteiger partial charge in [0.2, 0.25) is 5.91 Å². The molecular weight excluding hydrogens is 220 g/mol. The first-order valence-electron chi connectivity index (χ1n) is 6.36. The van der Waals surface area contributed by atoms with Crippen LogP contribution in [-0.2, 0) is 9.59 Å². The van der Waals surface area contributed by atoms with E-state index in [-0.39, 0.29) is 17.9 Å². The highest BCUT2D eigenvalue weighted by Gasteiger charge is 2.39. The van der Waals surface area contributed by atoms with Crippen molar-refractivity contribution in [3.63, 3.8) is 0 Å². The minimum Gasteiger partial charge on any atom is -0.481 e. The van der Waals surface area contributed by atoms with Crippen molar-refractivity contribution in [1.82, 2.24) is 4.90 Å². The highest BCUT2D eigenvalue weighted by Crippen LogP contribution is 2.32. The Bertz CT molecular complexity index is 319. The zero-order valence-electron chi connectivity index (χ0n) is 9.97. The van der Waals surface area contributed by atoms with Crippen molar-refractivity contribution in [3.05, 3.63) is 0 Å². The number of carbonyl (C=O) groups is 2. The maximum Gasteiger partial charge on any atom is 0.307 e. The standard InChI is InChI=1S/C12H20N2O3/c13-8-5-6-14(7-8)11(15)9-3-1-2-4-10(9)12(16)17/h8-10H,1-7,13H2,(H,16,17)/t8?,9-,10+/m1/s1. The SMILES string of the molecule is NC1CCN(C(=O)[C@@H]2CCCC[C@@H]2C(=O)O)C1. The van der Waals surface area contributed by atoms with Gasteiger partial charge in [-0.15, -0.1) is 0 Å². The molecule has 1 heterocycles. The minimum absolute atomic E-state index is 0.00468. The normalized spacial score (nSPS) is 33.7. The maximum absolute atomic E-state index is 12.3. The average molecular weight is 240 g/mol. The zero-order chi connectivity index (χ0) is 12.4. The molecule has 0 aromatic carbocycles. The quantitative estimate of drug-likeness (QED) is 0.733. The Kier molecular flexibility index (Phi) is 3.66. The van der Waals surface area contributed by atoms with Crippen LogP contribution in [-0.4, -0.2) is 41.0 Å². The molecule has 0 bridgehead atoms. The van der Waals surface area contributed by atoms with Crippen molar-refractivity contribution in [2.45, 2.75) is 38.1 Å². The molecule has 0 radical (unpaired) electrons. The van der Waals surface area contributed by atoms with Crippen LogP contribution in [0.3, 0.4) is 0 Å². The van der Waals surface area contributed by atoms with Gasteiger partial charge in [0.15, 0.2) is 0 Å². The molecule has 1 aliphatic heterocycles. The molecule has 17 heavy (non-hydrogen) atoms. The van der Waals surface area contributed by atoms with E-state index in [1.54, 1.807) is 4.90 Å². The molecule has 0 aromatic heterocycles. The van der Waals surface area contributed by atoms with Crippen molar-refractivity contribution in [2.75, 3.05) is 13.1 Å². The van der Waals surface area contributed by atoms with E-state index in [4.69, 9.17) is 10.8 Å². The second-order valence-electron chi connectivity index (χ2n) is 5.17. The predicted octanol–water partition coefficient (Wildman–Crippen LogP) is 0.437. The molecule has 1 unspecified atom stereocenters. The van der Waals surface area contributed by atoms with Crippen LogP contribution in [0.15, 0.2) is 0 Å². The molecule has 5 nitrogen and oxygen atoms in total. The number of hydrogen-bond acceptors (Lipinski definition) is 3. The van der Waals surface area contributed by atoms with Crippen molar-refractivity contribution in [1.29, 1.82) is 0 Å². The van der Waals surface area contributed by atoms with Gasteiger partial charge in [-0.3, -0.25) is 9.59 Å². The minimum atomic E-state index is -0.827. The van der Waals surface area contributed by atoms with Crippen molar-refractivity contribution in [2.24, 2.45) is 17.6 Å². The molecule has 5 heteroatoms. The van der Waals surface area contributed by atoms with E-state index in [2.05, 4.69) is 0 Å². The van der Waals surface area contributed by atoms with E-state index >= 15 is 0 Å². The second kappa shape index (κ2) is 5.04. The van der Waals surface area contributed by atoms with Crippen LogP contribution in [0.1, 0.15) is 32.1 Å². The number of carboxylic acids is 1. The van der Waals surface area contributed by atoms with E-state index in [0.29, 0.717) is 25.9 Å². The lowest BCUT2D eigenvalue weighted by molar-refractivity contribution is -0.151. The molecule has 0 aromatic rings. The number of nitrogens with two attached hydrogens (primary N) is 1. The van der Waals surface area contributed by atoms with Gasteiger partial charge in [-0.25, -0.2) is 0 Å². The number of carbonyl (C=O) groups excluding carboxylic acids is 1. The maximum atomic E-state index is 12.3. The molecule has 2 rings (SSSR count). The number of likely N-dealkylation sites (tertiary alicyclic amines) is 1. The fourth-order valence-electron chi connectivity index (χ4n) is 2.94. The number of hydrogen-bond donors (Lipinski definition) is 2. The predicted molar refractivity (Wildman–Crippen MR) is 62.3 cm³/mol. The fraction of sp³-hybridized carbons (Fsp3) is 0.833. The highest BCUT2D eigenvalue weighted by atomic mass is 16.4. The van der Waals surface area contributed by atoms with Crippen molar-refractivity contribution < 1.29 is 14.7 Å². The summed E-state index contributed by atoms with van der Waals surface area (Å²) in [5.41, 5.74) is 5.78. The summed E-state index contributed by atoms with van der Waals surface area (Å²) in [6.45, 7) is 1.27. The van der Waals surface area contributed by atoms with Gasteiger partial charge in [-0.05, 0) is 19.3 Å². The summed E-state index contributed by atoms with van der Waals surface area (Å²) in [5.74, 6) is -1.64. The van der Waals surface area contributed by atoms with Gasteiger partial charge in [0.05, 0.1) is 11.8 Å². The lowest BCUT2D eigenvalue weighted by atomic mass is 9.78. The molecular formula is C12H20N2O3. The van der Waals surface area contributed by atoms with Crippen LogP contribution in [0.2, 0.25) is 0 Å². The summed E-state index contributed by atoms with van der Waals surface area (Å²) < 4.78 is 0. The van der Waals surface area contributed by atoms with Gasteiger partial charge in [-0.1, -0.05) is 12.8 Å². The molecule has 2 aliphatic rings. The molecule has 3 N–H and O–H groups in total. The second-order valence-corrected chi connectivity index (χ2v) is 5.17. The average Bonchev–Trinajstić information content (AvgIpc) is 2.75. The van der Waals surface area contributed by atoms with E-state index in [9.17, 15) is 9.59 Å². The third kappa shape index (κ3) is 2.60. The van der Waals surface area contributed by atoms with Gasteiger partial charge in [0.1, 0.15) is 0 Å². The number of aliphatic carboxylic acids is 1. The first-order valence-corrected chi connectivity index (χ1v) is 6.36. The first-order chi connectivity index (χ1) is 8.09. The van der Waals surface area contributed by atoms with Crippen molar-refractivity contribution in [3.8, 4) is 0 Å². The summed E-state index contributed by atoms with van der Waals surface area (Å²) in [6, 6.07) is 0.0609. The van der Waals surface area contributed by atoms with Gasteiger partial charge in [0, 0.05) is 19.1 Å². The first kappa shape index (κ1) is 12.4. The molecule has 1 saturated carbocycles. The number of nitrogens with zero attached hydrogens (tertiary/aromatic N) is 1. The molecule has 1 aliphatic carbocycles. The molecule has 96 valence electrons. The summed E-state index contributed by atoms with van der Waals surface area (Å²) in [7, 11) is 0. The Morgan fingerprint density at radius 2 is 1.76 bits per heavy atom. The van der Waals surface area contributed by atoms with Crippen LogP contribution in [0.25, 0.3) is 0 Å². The van der Waals surface area contributed by atoms with Crippen LogP contribution < -0.4 is 5.73 Å². The van der Waals surface area contributed by atoms with Crippen LogP contribution in [0.4, 0.5) is 0 Å². The van der Waals surface area contributed by atoms with Gasteiger partial charge >= 0.3 is 5.97 Å². The molecule has 3 atom stereocenters. The number of rotatable bonds is 2. The van der Waals surface area contributed by atoms with Crippen LogP contribution in [0, 0.1) is 11.8 Å². The largest absolute Gasteiger partial charge is 0.481 e. The topological polar surface area (TPSA) is 83.6 Å². The summed E-state index contributed by atoms with van der Waals surface area (Å²) in [5, 5.41) is 9.16. The lowest BCUT2D eigenvalue weighted by Crippen LogP contribution is -2.42. The zero-order valence-corrected chi connectivity index (χ0v) is 9.97. The lowest BCUT2D eigenvalue weighted by Gasteiger charge is -2.30. The summed E-state index contributed by atoms with van der Waals surface area (Å²) >= 11 is 0. The van der Waals surface area contributed by atoms with Crippen LogP contribution in [0.5, 0.6) is 0 Å². The molecule has 2 fully saturated rings. The highest BCUT2D eigenvalue weighted by molar-refractivity contribution is 5.85. The van der Waals surface area contributed by atoms with E-state index in [1.807, 2.05) is 0 Å². The Morgan fingerprint density at radius 1 is 1.12 bits per heavy atom. The molecule has 1 saturated heterocycles.